The van der Waals surface area contributed by atoms with Crippen LogP contribution in [-0.2, 0) is 4.74 Å². The number of hydrogen-bond donors (Lipinski definition) is 3. The molecule has 0 radical (unpaired) electrons. The molecule has 176 valence electrons. The molecule has 6 aliphatic rings. The molecule has 2 saturated carbocycles. The molecule has 1 aromatic carbocycles. The van der Waals surface area contributed by atoms with E-state index in [2.05, 4.69) is 43.9 Å². The van der Waals surface area contributed by atoms with E-state index in [1.807, 2.05) is 12.1 Å². The van der Waals surface area contributed by atoms with Crippen LogP contribution in [0.4, 0.5) is 0 Å². The predicted octanol–water partition coefficient (Wildman–Crippen LogP) is 4.61. The van der Waals surface area contributed by atoms with Crippen molar-refractivity contribution in [1.82, 2.24) is 0 Å². The van der Waals surface area contributed by atoms with Crippen molar-refractivity contribution in [2.75, 3.05) is 6.61 Å². The Morgan fingerprint density at radius 3 is 2.76 bits per heavy atom. The normalized spacial score (nSPS) is 44.2. The van der Waals surface area contributed by atoms with Gasteiger partial charge in [0.15, 0.2) is 0 Å². The van der Waals surface area contributed by atoms with E-state index in [1.54, 1.807) is 0 Å². The molecule has 7 rings (SSSR count). The van der Waals surface area contributed by atoms with Gasteiger partial charge in [0.2, 0.25) is 0 Å². The zero-order chi connectivity index (χ0) is 23.0. The maximum absolute atomic E-state index is 10.3. The summed E-state index contributed by atoms with van der Waals surface area (Å²) in [6.07, 6.45) is 11.9. The van der Waals surface area contributed by atoms with Gasteiger partial charge in [-0.05, 0) is 87.5 Å². The first-order valence-electron chi connectivity index (χ1n) is 12.9. The van der Waals surface area contributed by atoms with Crippen LogP contribution in [0.1, 0.15) is 81.8 Å². The molecule has 1 spiro atoms. The van der Waals surface area contributed by atoms with E-state index in [9.17, 15) is 10.2 Å². The van der Waals surface area contributed by atoms with Gasteiger partial charge in [-0.2, -0.15) is 0 Å². The van der Waals surface area contributed by atoms with Gasteiger partial charge >= 0.3 is 0 Å². The summed E-state index contributed by atoms with van der Waals surface area (Å²) >= 11 is 0. The van der Waals surface area contributed by atoms with Crippen LogP contribution in [0.2, 0.25) is 0 Å². The van der Waals surface area contributed by atoms with Gasteiger partial charge in [-0.3, -0.25) is 0 Å². The summed E-state index contributed by atoms with van der Waals surface area (Å²) in [5.74, 6) is 8.96. The zero-order valence-corrected chi connectivity index (χ0v) is 19.9. The summed E-state index contributed by atoms with van der Waals surface area (Å²) in [6.45, 7) is 4.49. The number of aliphatic hydroxyl groups excluding tert-OH is 1. The number of allylic oxidation sites excluding steroid dienone is 2. The number of phenolic OH excluding ortho intramolecular Hbond substituents is 1. The number of ether oxygens (including phenoxy) is 1. The number of nitrogens with two attached hydrogens (primary N) is 1. The fourth-order valence-corrected chi connectivity index (χ4v) is 8.68. The number of benzene rings is 1. The van der Waals surface area contributed by atoms with Gasteiger partial charge in [0, 0.05) is 24.0 Å². The molecule has 4 N–H and O–H groups in total. The maximum atomic E-state index is 10.3. The van der Waals surface area contributed by atoms with Crippen molar-refractivity contribution in [2.45, 2.75) is 87.4 Å². The molecule has 6 bridgehead atoms. The molecule has 4 aliphatic carbocycles. The van der Waals surface area contributed by atoms with Crippen molar-refractivity contribution in [3.8, 4) is 17.6 Å². The Balaban J connectivity index is 1.56. The van der Waals surface area contributed by atoms with Crippen molar-refractivity contribution >= 4 is 0 Å². The molecular weight excluding hydrogens is 410 g/mol. The molecule has 33 heavy (non-hydrogen) atoms. The molecule has 2 aliphatic heterocycles. The number of aliphatic hydroxyl groups is 1. The minimum atomic E-state index is -0.563. The Labute approximate surface area is 197 Å². The second-order valence-electron chi connectivity index (χ2n) is 11.9. The van der Waals surface area contributed by atoms with Crippen LogP contribution in [0, 0.1) is 35.5 Å². The quantitative estimate of drug-likeness (QED) is 0.457. The van der Waals surface area contributed by atoms with Crippen LogP contribution in [-0.4, -0.2) is 33.6 Å². The first-order valence-corrected chi connectivity index (χ1v) is 12.9. The highest BCUT2D eigenvalue weighted by Gasteiger charge is 2.68. The van der Waals surface area contributed by atoms with Gasteiger partial charge < -0.3 is 20.7 Å². The van der Waals surface area contributed by atoms with Crippen molar-refractivity contribution in [3.63, 3.8) is 0 Å². The lowest BCUT2D eigenvalue weighted by molar-refractivity contribution is -0.306. The summed E-state index contributed by atoms with van der Waals surface area (Å²) in [5.41, 5.74) is 8.54. The predicted molar refractivity (Wildman–Crippen MR) is 129 cm³/mol. The third-order valence-corrected chi connectivity index (χ3v) is 9.91. The van der Waals surface area contributed by atoms with Gasteiger partial charge in [-0.1, -0.05) is 36.5 Å². The second-order valence-corrected chi connectivity index (χ2v) is 11.9. The monoisotopic (exact) mass is 447 g/mol. The average Bonchev–Trinajstić information content (AvgIpc) is 2.79. The highest BCUT2D eigenvalue weighted by atomic mass is 16.5. The van der Waals surface area contributed by atoms with Crippen molar-refractivity contribution in [1.29, 1.82) is 0 Å². The molecule has 0 aromatic heterocycles. The lowest BCUT2D eigenvalue weighted by Crippen LogP contribution is -2.77. The van der Waals surface area contributed by atoms with E-state index in [-0.39, 0.29) is 35.6 Å². The van der Waals surface area contributed by atoms with Crippen molar-refractivity contribution in [2.24, 2.45) is 29.4 Å². The lowest BCUT2D eigenvalue weighted by Gasteiger charge is -2.68. The Kier molecular flexibility index (Phi) is 4.83. The Morgan fingerprint density at radius 2 is 1.97 bits per heavy atom. The molecule has 0 amide bonds. The fourth-order valence-electron chi connectivity index (χ4n) is 8.68. The average molecular weight is 448 g/mol. The molecule has 1 aromatic rings. The summed E-state index contributed by atoms with van der Waals surface area (Å²) < 4.78 is 7.13. The minimum Gasteiger partial charge on any atom is -0.508 e. The summed E-state index contributed by atoms with van der Waals surface area (Å²) in [6, 6.07) is 5.85. The molecule has 4 fully saturated rings. The number of hydrogen-bond acceptors (Lipinski definition) is 4. The fraction of sp³-hybridized carbons (Fsp3) is 0.655. The maximum Gasteiger partial charge on any atom is 0.115 e. The number of aromatic hydroxyl groups is 1. The van der Waals surface area contributed by atoms with Gasteiger partial charge in [-0.25, -0.2) is 0 Å². The SMILES string of the molecule is CC1(C)O[C@@]23CC[C@H]1[C@](N)(CCO)[C@@H]2C#C[C@@H]1C=C[C@H](c2ccc(O)cc21)[C@@H]1CCC[C@@H]3C1. The molecule has 8 atom stereocenters. The molecule has 4 nitrogen and oxygen atoms in total. The Morgan fingerprint density at radius 1 is 1.12 bits per heavy atom. The van der Waals surface area contributed by atoms with Gasteiger partial charge in [-0.15, -0.1) is 0 Å². The highest BCUT2D eigenvalue weighted by Crippen LogP contribution is 2.63. The van der Waals surface area contributed by atoms with Crippen LogP contribution < -0.4 is 5.73 Å². The Bertz CT molecular complexity index is 1050. The number of rotatable bonds is 2. The standard InChI is InChI=1S/C29H37NO3/c1-27(2)25-12-13-29(33-27)20-5-3-4-19(16-20)22-9-6-18(24-17-21(32)8-10-23(22)24)7-11-26(29)28(25,30)14-15-31/h6,8-10,17-20,22,25-26,31-32H,3-5,12-16,30H2,1-2H3/t18-,19+,20+,22-,25+,26-,28+,29+/m0/s1. The van der Waals surface area contributed by atoms with E-state index >= 15 is 0 Å². The first kappa shape index (κ1) is 21.7. The van der Waals surface area contributed by atoms with Gasteiger partial charge in [0.1, 0.15) is 5.75 Å². The third kappa shape index (κ3) is 3.02. The molecule has 4 heteroatoms. The topological polar surface area (TPSA) is 75.7 Å². The van der Waals surface area contributed by atoms with Gasteiger partial charge in [0.25, 0.3) is 0 Å². The Hall–Kier alpha value is -1.80. The lowest BCUT2D eigenvalue weighted by atomic mass is 9.48. The van der Waals surface area contributed by atoms with Crippen molar-refractivity contribution in [3.05, 3.63) is 41.5 Å². The van der Waals surface area contributed by atoms with E-state index in [0.717, 1.165) is 31.2 Å². The number of phenols is 1. The van der Waals surface area contributed by atoms with Crippen LogP contribution in [0.25, 0.3) is 0 Å². The van der Waals surface area contributed by atoms with E-state index in [4.69, 9.17) is 10.5 Å². The molecule has 2 saturated heterocycles. The van der Waals surface area contributed by atoms with Gasteiger partial charge in [0.05, 0.1) is 23.0 Å². The largest absolute Gasteiger partial charge is 0.508 e. The third-order valence-electron chi connectivity index (χ3n) is 9.91. The molecule has 0 unspecified atom stereocenters. The van der Waals surface area contributed by atoms with Crippen molar-refractivity contribution < 1.29 is 14.9 Å². The summed E-state index contributed by atoms with van der Waals surface area (Å²) in [7, 11) is 0. The van der Waals surface area contributed by atoms with Crippen LogP contribution in [0.5, 0.6) is 5.75 Å². The van der Waals surface area contributed by atoms with E-state index in [1.165, 1.54) is 18.4 Å². The highest BCUT2D eigenvalue weighted by molar-refractivity contribution is 5.50. The summed E-state index contributed by atoms with van der Waals surface area (Å²) in [4.78, 5) is 0. The molecular formula is C29H37NO3. The smallest absolute Gasteiger partial charge is 0.115 e. The minimum absolute atomic E-state index is 0.0507. The van der Waals surface area contributed by atoms with E-state index in [0.29, 0.717) is 29.9 Å². The van der Waals surface area contributed by atoms with Crippen LogP contribution >= 0.6 is 0 Å². The first-order chi connectivity index (χ1) is 15.8. The van der Waals surface area contributed by atoms with Crippen LogP contribution in [0.3, 0.4) is 0 Å². The molecule has 2 heterocycles. The number of fused-ring (bicyclic) bond motifs is 10. The summed E-state index contributed by atoms with van der Waals surface area (Å²) in [5, 5.41) is 20.4. The zero-order valence-electron chi connectivity index (χ0n) is 19.9. The second kappa shape index (κ2) is 7.35. The van der Waals surface area contributed by atoms with Crippen LogP contribution in [0.15, 0.2) is 30.4 Å². The van der Waals surface area contributed by atoms with E-state index < -0.39 is 5.54 Å².